The second kappa shape index (κ2) is 9.16. The van der Waals surface area contributed by atoms with Crippen LogP contribution in [-0.4, -0.2) is 38.9 Å². The van der Waals surface area contributed by atoms with Crippen LogP contribution in [0.2, 0.25) is 0 Å². The Morgan fingerprint density at radius 1 is 1.24 bits per heavy atom. The van der Waals surface area contributed by atoms with Gasteiger partial charge in [0, 0.05) is 24.0 Å². The molecular formula is C27H36KNO5. The average Bonchev–Trinajstić information content (AvgIpc) is 3.73. The topological polar surface area (TPSA) is 93.8 Å². The van der Waals surface area contributed by atoms with Gasteiger partial charge in [-0.25, -0.2) is 0 Å². The smallest absolute Gasteiger partial charge is 0.854 e. The number of nitrogens with two attached hydrogens (primary N) is 1. The van der Waals surface area contributed by atoms with Crippen molar-refractivity contribution in [1.82, 2.24) is 0 Å². The molecule has 4 saturated carbocycles. The van der Waals surface area contributed by atoms with Crippen molar-refractivity contribution in [2.24, 2.45) is 34.3 Å². The molecule has 2 bridgehead atoms. The third-order valence-electron chi connectivity index (χ3n) is 9.44. The van der Waals surface area contributed by atoms with E-state index in [0.29, 0.717) is 11.3 Å². The summed E-state index contributed by atoms with van der Waals surface area (Å²) in [6.45, 7) is 8.01. The van der Waals surface area contributed by atoms with Gasteiger partial charge >= 0.3 is 51.4 Å². The van der Waals surface area contributed by atoms with Gasteiger partial charge in [0.05, 0.1) is 13.2 Å². The fraction of sp³-hybridized carbons (Fsp3) is 0.667. The normalized spacial score (nSPS) is 40.6. The Balaban J connectivity index is 0.000000265. The third-order valence-corrected chi connectivity index (χ3v) is 9.44. The summed E-state index contributed by atoms with van der Waals surface area (Å²) in [6, 6.07) is 4.32. The molecule has 0 saturated heterocycles. The van der Waals surface area contributed by atoms with Crippen LogP contribution in [0.5, 0.6) is 11.5 Å². The zero-order valence-corrected chi connectivity index (χ0v) is 24.1. The first-order chi connectivity index (χ1) is 15.8. The minimum atomic E-state index is -0.355. The van der Waals surface area contributed by atoms with Crippen LogP contribution in [0, 0.1) is 28.6 Å². The number of ether oxygens (including phenoxy) is 3. The van der Waals surface area contributed by atoms with Crippen LogP contribution >= 0.6 is 0 Å². The largest absolute Gasteiger partial charge is 1.00 e. The van der Waals surface area contributed by atoms with Gasteiger partial charge in [-0.1, -0.05) is 13.0 Å². The summed E-state index contributed by atoms with van der Waals surface area (Å²) in [5.41, 5.74) is 7.85. The van der Waals surface area contributed by atoms with Crippen LogP contribution in [0.15, 0.2) is 25.3 Å². The molecule has 34 heavy (non-hydrogen) atoms. The van der Waals surface area contributed by atoms with Gasteiger partial charge in [-0.2, -0.15) is 0 Å². The summed E-state index contributed by atoms with van der Waals surface area (Å²) < 4.78 is 18.2. The maximum absolute atomic E-state index is 12.2. The summed E-state index contributed by atoms with van der Waals surface area (Å²) in [4.78, 5) is 9.98. The molecule has 1 aromatic carbocycles. The zero-order valence-electron chi connectivity index (χ0n) is 21.0. The molecule has 6 aliphatic rings. The van der Waals surface area contributed by atoms with Crippen molar-refractivity contribution in [2.45, 2.75) is 63.1 Å². The first-order valence-electron chi connectivity index (χ1n) is 12.1. The Kier molecular flexibility index (Phi) is 7.18. The Morgan fingerprint density at radius 2 is 1.94 bits per heavy atom. The number of methoxy groups -OCH3 is 2. The maximum Gasteiger partial charge on any atom is 1.00 e. The van der Waals surface area contributed by atoms with E-state index in [1.54, 1.807) is 14.2 Å². The van der Waals surface area contributed by atoms with E-state index in [1.807, 2.05) is 0 Å². The van der Waals surface area contributed by atoms with Gasteiger partial charge in [0.15, 0.2) is 11.5 Å². The molecule has 4 fully saturated rings. The molecule has 5 unspecified atom stereocenters. The van der Waals surface area contributed by atoms with Crippen LogP contribution in [0.1, 0.15) is 50.2 Å². The number of carbonyl (C=O) groups excluding carboxylic acids is 1. The minimum Gasteiger partial charge on any atom is -0.854 e. The molecule has 1 aromatic rings. The molecule has 5 aliphatic carbocycles. The van der Waals surface area contributed by atoms with E-state index < -0.39 is 0 Å². The van der Waals surface area contributed by atoms with E-state index in [4.69, 9.17) is 19.9 Å². The third kappa shape index (κ3) is 3.52. The second-order valence-corrected chi connectivity index (χ2v) is 11.2. The summed E-state index contributed by atoms with van der Waals surface area (Å²) >= 11 is 0. The molecule has 0 aromatic heterocycles. The number of hydrogen-bond donors (Lipinski definition) is 1. The van der Waals surface area contributed by atoms with Gasteiger partial charge in [0.25, 0.3) is 0 Å². The van der Waals surface area contributed by atoms with Crippen molar-refractivity contribution in [1.29, 1.82) is 0 Å². The molecule has 1 heterocycles. The molecule has 2 N–H and O–H groups in total. The Bertz CT molecular complexity index is 982. The van der Waals surface area contributed by atoms with Gasteiger partial charge in [-0.15, -0.1) is 19.8 Å². The molecule has 7 rings (SSSR count). The fourth-order valence-corrected chi connectivity index (χ4v) is 7.93. The molecule has 1 amide bonds. The molecular weight excluding hydrogens is 457 g/mol. The Labute approximate surface area is 245 Å². The standard InChI is InChI=1S/C21H25O4.C4H7NO.C2H4.K/c1-19(10-22)7-13-12-8-20(12)6-11-4-5-14(23-2)16-15(11)21(13,9-20)18(25-16)17(19)24-3;5-4(6)3-1-2-3;1-2;/h4-5,12-13,17-18H,6-10H2,1-3H3;3H,1-2H2,(H2,5,6);1-2H2;/q-1;;;+1/t12?,13?,17?,18-,19+,20?,21?;;;/m0.../s1. The molecule has 2 spiro atoms. The number of amides is 1. The van der Waals surface area contributed by atoms with Crippen LogP contribution in [0.25, 0.3) is 0 Å². The zero-order chi connectivity index (χ0) is 23.8. The van der Waals surface area contributed by atoms with Gasteiger partial charge in [-0.05, 0) is 72.8 Å². The quantitative estimate of drug-likeness (QED) is 0.461. The van der Waals surface area contributed by atoms with Crippen molar-refractivity contribution in [3.05, 3.63) is 36.4 Å². The van der Waals surface area contributed by atoms with Crippen LogP contribution in [0.3, 0.4) is 0 Å². The summed E-state index contributed by atoms with van der Waals surface area (Å²) in [5, 5.41) is 12.2. The summed E-state index contributed by atoms with van der Waals surface area (Å²) in [5.74, 6) is 3.18. The van der Waals surface area contributed by atoms with Crippen molar-refractivity contribution >= 4 is 5.91 Å². The van der Waals surface area contributed by atoms with E-state index in [2.05, 4.69) is 32.2 Å². The molecule has 6 nitrogen and oxygen atoms in total. The van der Waals surface area contributed by atoms with Crippen molar-refractivity contribution < 1.29 is 75.5 Å². The van der Waals surface area contributed by atoms with Crippen LogP contribution in [-0.2, 0) is 21.4 Å². The number of benzene rings is 1. The number of primary amides is 1. The number of rotatable bonds is 4. The predicted molar refractivity (Wildman–Crippen MR) is 123 cm³/mol. The van der Waals surface area contributed by atoms with Gasteiger partial charge in [0.2, 0.25) is 5.91 Å². The first kappa shape index (κ1) is 26.6. The predicted octanol–water partition coefficient (Wildman–Crippen LogP) is -0.250. The SMILES string of the molecule is C=C.COc1ccc2c3c1O[C@H]1C(OC)[C@@](C)(C[O-])CC4C5CC5(C2)CC341.NC(=O)C1CC1.[K+]. The van der Waals surface area contributed by atoms with E-state index in [-0.39, 0.29) is 92.9 Å². The van der Waals surface area contributed by atoms with E-state index in [0.717, 1.165) is 36.7 Å². The summed E-state index contributed by atoms with van der Waals surface area (Å²) in [7, 11) is 3.46. The molecule has 0 radical (unpaired) electrons. The first-order valence-corrected chi connectivity index (χ1v) is 12.1. The van der Waals surface area contributed by atoms with Gasteiger partial charge in [0.1, 0.15) is 6.10 Å². The molecule has 180 valence electrons. The number of fused-ring (bicyclic) bond motifs is 1. The fourth-order valence-electron chi connectivity index (χ4n) is 7.93. The number of hydrogen-bond acceptors (Lipinski definition) is 5. The Morgan fingerprint density at radius 3 is 2.47 bits per heavy atom. The van der Waals surface area contributed by atoms with Crippen molar-refractivity contribution in [2.75, 3.05) is 20.8 Å². The van der Waals surface area contributed by atoms with E-state index in [9.17, 15) is 9.90 Å². The summed E-state index contributed by atoms with van der Waals surface area (Å²) in [6.07, 6.45) is 6.53. The van der Waals surface area contributed by atoms with Gasteiger partial charge < -0.3 is 25.1 Å². The Hall–Kier alpha value is -0.414. The van der Waals surface area contributed by atoms with E-state index >= 15 is 0 Å². The number of carbonyl (C=O) groups is 1. The van der Waals surface area contributed by atoms with Crippen molar-refractivity contribution in [3.8, 4) is 11.5 Å². The van der Waals surface area contributed by atoms with Gasteiger partial charge in [-0.3, -0.25) is 4.79 Å². The van der Waals surface area contributed by atoms with Crippen LogP contribution < -0.4 is 71.7 Å². The molecule has 7 heteroatoms. The average molecular weight is 494 g/mol. The van der Waals surface area contributed by atoms with E-state index in [1.165, 1.54) is 30.4 Å². The molecule has 7 atom stereocenters. The minimum absolute atomic E-state index is 0. The van der Waals surface area contributed by atoms with Crippen LogP contribution in [0.4, 0.5) is 0 Å². The molecule has 1 aliphatic heterocycles. The maximum atomic E-state index is 12.2. The monoisotopic (exact) mass is 493 g/mol. The second-order valence-electron chi connectivity index (χ2n) is 11.2. The van der Waals surface area contributed by atoms with Crippen molar-refractivity contribution in [3.63, 3.8) is 0 Å².